The van der Waals surface area contributed by atoms with Crippen LogP contribution < -0.4 is 0 Å². The van der Waals surface area contributed by atoms with Gasteiger partial charge in [0, 0.05) is 51.3 Å². The molecule has 0 aliphatic carbocycles. The van der Waals surface area contributed by atoms with Crippen molar-refractivity contribution >= 4 is 135 Å². The third-order valence-electron chi connectivity index (χ3n) is 14.2. The summed E-state index contributed by atoms with van der Waals surface area (Å²) in [7, 11) is 0. The van der Waals surface area contributed by atoms with Crippen molar-refractivity contribution in [2.45, 2.75) is 6.92 Å². The van der Waals surface area contributed by atoms with E-state index in [-0.39, 0.29) is 0 Å². The van der Waals surface area contributed by atoms with Crippen LogP contribution in [0.2, 0.25) is 0 Å². The number of rotatable bonds is 6. The molecule has 14 rings (SSSR count). The molecule has 0 fully saturated rings. The molecule has 0 unspecified atom stereocenters. The van der Waals surface area contributed by atoms with E-state index in [0.717, 1.165) is 27.9 Å². The summed E-state index contributed by atoms with van der Waals surface area (Å²) in [4.78, 5) is 0. The van der Waals surface area contributed by atoms with Gasteiger partial charge in [-0.1, -0.05) is 170 Å². The summed E-state index contributed by atoms with van der Waals surface area (Å²) in [5.74, 6) is 0.764. The van der Waals surface area contributed by atoms with Gasteiger partial charge in [0.25, 0.3) is 0 Å². The van der Waals surface area contributed by atoms with Crippen LogP contribution in [0.5, 0.6) is 0 Å². The minimum atomic E-state index is 0.764. The molecule has 0 saturated carbocycles. The first kappa shape index (κ1) is 39.1. The number of benzene rings is 11. The summed E-state index contributed by atoms with van der Waals surface area (Å²) < 4.78 is 12.0. The van der Waals surface area contributed by atoms with E-state index in [2.05, 4.69) is 220 Å². The predicted molar refractivity (Wildman–Crippen MR) is 298 cm³/mol. The van der Waals surface area contributed by atoms with Gasteiger partial charge in [-0.15, -0.1) is 22.7 Å². The van der Waals surface area contributed by atoms with Gasteiger partial charge in [-0.3, -0.25) is 0 Å². The van der Waals surface area contributed by atoms with Crippen molar-refractivity contribution in [2.24, 2.45) is 0 Å². The van der Waals surface area contributed by atoms with E-state index < -0.39 is 0 Å². The molecule has 1 nitrogen and oxygen atoms in total. The van der Waals surface area contributed by atoms with E-state index in [4.69, 9.17) is 4.42 Å². The van der Waals surface area contributed by atoms with Crippen LogP contribution >= 0.6 is 22.7 Å². The van der Waals surface area contributed by atoms with Crippen molar-refractivity contribution in [1.29, 1.82) is 0 Å². The molecule has 0 atom stereocenters. The highest BCUT2D eigenvalue weighted by atomic mass is 32.1. The quantitative estimate of drug-likeness (QED) is 0.152. The van der Waals surface area contributed by atoms with Gasteiger partial charge in [-0.05, 0) is 143 Å². The van der Waals surface area contributed by atoms with Crippen LogP contribution in [0.15, 0.2) is 211 Å². The minimum absolute atomic E-state index is 0.764. The lowest BCUT2D eigenvalue weighted by molar-refractivity contribution is 0.603. The lowest BCUT2D eigenvalue weighted by Crippen LogP contribution is -1.92. The molecule has 3 heterocycles. The molecule has 0 amide bonds. The third-order valence-corrected chi connectivity index (χ3v) is 16.5. The SMILES string of the molecule is C=Cc1oc2cc(-c3c4ccccc4c(-c4ccc5c(c4)sc4ccccc45)c4ccccc34)ccc2c1/C=C(\C)c1c2ccccc2c(-c2ccc3c(c2)sc2ccccc23)c2ccccc12. The zero-order chi connectivity index (χ0) is 45.0. The summed E-state index contributed by atoms with van der Waals surface area (Å²) in [6.07, 6.45) is 4.17. The zero-order valence-electron chi connectivity index (χ0n) is 37.1. The molecule has 0 saturated heterocycles. The summed E-state index contributed by atoms with van der Waals surface area (Å²) in [5, 5.41) is 16.2. The molecule has 0 bridgehead atoms. The predicted octanol–water partition coefficient (Wildman–Crippen LogP) is 20.0. The van der Waals surface area contributed by atoms with Crippen molar-refractivity contribution in [3.8, 4) is 33.4 Å². The summed E-state index contributed by atoms with van der Waals surface area (Å²) in [6.45, 7) is 6.50. The fourth-order valence-corrected chi connectivity index (χ4v) is 13.5. The van der Waals surface area contributed by atoms with Crippen molar-refractivity contribution in [2.75, 3.05) is 0 Å². The molecular formula is C65H40OS2. The highest BCUT2D eigenvalue weighted by Gasteiger charge is 2.21. The number of furan rings is 1. The lowest BCUT2D eigenvalue weighted by Gasteiger charge is -2.18. The van der Waals surface area contributed by atoms with Gasteiger partial charge in [0.15, 0.2) is 0 Å². The van der Waals surface area contributed by atoms with Crippen LogP contribution in [-0.2, 0) is 0 Å². The first-order valence-corrected chi connectivity index (χ1v) is 24.8. The highest BCUT2D eigenvalue weighted by molar-refractivity contribution is 7.26. The van der Waals surface area contributed by atoms with Crippen LogP contribution in [0, 0.1) is 0 Å². The number of hydrogen-bond donors (Lipinski definition) is 0. The summed E-state index contributed by atoms with van der Waals surface area (Å²) >= 11 is 3.74. The molecule has 0 N–H and O–H groups in total. The highest BCUT2D eigenvalue weighted by Crippen LogP contribution is 2.48. The van der Waals surface area contributed by atoms with Gasteiger partial charge in [-0.2, -0.15) is 0 Å². The van der Waals surface area contributed by atoms with E-state index in [1.165, 1.54) is 122 Å². The van der Waals surface area contributed by atoms with Crippen LogP contribution in [0.25, 0.3) is 146 Å². The average molecular weight is 901 g/mol. The maximum atomic E-state index is 6.78. The van der Waals surface area contributed by atoms with E-state index in [0.29, 0.717) is 0 Å². The Labute approximate surface area is 400 Å². The van der Waals surface area contributed by atoms with Crippen molar-refractivity contribution in [1.82, 2.24) is 0 Å². The molecular weight excluding hydrogens is 861 g/mol. The van der Waals surface area contributed by atoms with E-state index in [1.807, 2.05) is 28.7 Å². The largest absolute Gasteiger partial charge is 0.456 e. The Kier molecular flexibility index (Phi) is 8.76. The molecule has 68 heavy (non-hydrogen) atoms. The molecule has 0 radical (unpaired) electrons. The van der Waals surface area contributed by atoms with Gasteiger partial charge in [-0.25, -0.2) is 0 Å². The Morgan fingerprint density at radius 3 is 1.18 bits per heavy atom. The summed E-state index contributed by atoms with van der Waals surface area (Å²) in [6, 6.07) is 73.9. The van der Waals surface area contributed by atoms with Crippen LogP contribution in [0.1, 0.15) is 23.8 Å². The maximum absolute atomic E-state index is 6.78. The standard InChI is InChI=1S/C65H40OS2/c1-3-56-55(34-38(2)62-47-18-4-6-20-49(47)64(50-21-7-5-19-48(50)62)40-29-32-45-43-16-12-14-26-58(43)67-60(45)36-40)42-31-28-39(35-57(42)66-56)63-51-22-8-10-24-53(51)65(54-25-11-9-23-52(54)63)41-30-33-46-44-17-13-15-27-59(44)68-61(46)37-41/h3-37H,1H2,2H3/b38-34+. The smallest absolute Gasteiger partial charge is 0.136 e. The number of thiophene rings is 2. The second kappa shape index (κ2) is 15.2. The summed E-state index contributed by atoms with van der Waals surface area (Å²) in [5.41, 5.74) is 11.6. The van der Waals surface area contributed by atoms with Crippen molar-refractivity contribution in [3.05, 3.63) is 224 Å². The minimum Gasteiger partial charge on any atom is -0.456 e. The van der Waals surface area contributed by atoms with E-state index >= 15 is 0 Å². The first-order valence-electron chi connectivity index (χ1n) is 23.2. The monoisotopic (exact) mass is 900 g/mol. The van der Waals surface area contributed by atoms with Crippen LogP contribution in [0.4, 0.5) is 0 Å². The molecule has 318 valence electrons. The molecule has 0 spiro atoms. The fraction of sp³-hybridized carbons (Fsp3) is 0.0154. The van der Waals surface area contributed by atoms with Gasteiger partial charge in [0.2, 0.25) is 0 Å². The Bertz CT molecular complexity index is 4360. The lowest BCUT2D eigenvalue weighted by atomic mass is 9.85. The second-order valence-electron chi connectivity index (χ2n) is 17.9. The number of fused-ring (bicyclic) bond motifs is 11. The van der Waals surface area contributed by atoms with Gasteiger partial charge in [0.1, 0.15) is 11.3 Å². The third kappa shape index (κ3) is 5.86. The maximum Gasteiger partial charge on any atom is 0.136 e. The Hall–Kier alpha value is -8.08. The van der Waals surface area contributed by atoms with E-state index in [9.17, 15) is 0 Å². The Balaban J connectivity index is 0.919. The zero-order valence-corrected chi connectivity index (χ0v) is 38.8. The van der Waals surface area contributed by atoms with Crippen LogP contribution in [-0.4, -0.2) is 0 Å². The first-order chi connectivity index (χ1) is 33.6. The van der Waals surface area contributed by atoms with Crippen LogP contribution in [0.3, 0.4) is 0 Å². The van der Waals surface area contributed by atoms with E-state index in [1.54, 1.807) is 0 Å². The molecule has 3 aromatic heterocycles. The normalized spacial score (nSPS) is 12.3. The number of allylic oxidation sites excluding steroid dienone is 1. The fourth-order valence-electron chi connectivity index (χ4n) is 11.3. The Morgan fingerprint density at radius 2 is 0.735 bits per heavy atom. The molecule has 3 heteroatoms. The molecule has 11 aromatic carbocycles. The van der Waals surface area contributed by atoms with Crippen molar-refractivity contribution in [3.63, 3.8) is 0 Å². The van der Waals surface area contributed by atoms with Gasteiger partial charge >= 0.3 is 0 Å². The second-order valence-corrected chi connectivity index (χ2v) is 20.1. The van der Waals surface area contributed by atoms with Gasteiger partial charge < -0.3 is 4.42 Å². The van der Waals surface area contributed by atoms with Crippen molar-refractivity contribution < 1.29 is 4.42 Å². The molecule has 0 aliphatic heterocycles. The molecule has 0 aliphatic rings. The van der Waals surface area contributed by atoms with Gasteiger partial charge in [0.05, 0.1) is 0 Å². The Morgan fingerprint density at radius 1 is 0.382 bits per heavy atom. The number of hydrogen-bond acceptors (Lipinski definition) is 3. The molecule has 14 aromatic rings. The topological polar surface area (TPSA) is 13.1 Å². The average Bonchev–Trinajstić information content (AvgIpc) is 4.07.